The molecule has 0 aliphatic rings. The van der Waals surface area contributed by atoms with Crippen LogP contribution >= 0.6 is 11.3 Å². The van der Waals surface area contributed by atoms with E-state index >= 15 is 0 Å². The number of benzene rings is 1. The third kappa shape index (κ3) is 2.16. The van der Waals surface area contributed by atoms with Gasteiger partial charge in [0, 0.05) is 0 Å². The molecule has 1 unspecified atom stereocenters. The Morgan fingerprint density at radius 2 is 2.00 bits per heavy atom. The molecule has 3 aromatic rings. The van der Waals surface area contributed by atoms with Crippen LogP contribution in [-0.4, -0.2) is 21.3 Å². The topological polar surface area (TPSA) is 47.8 Å². The van der Waals surface area contributed by atoms with E-state index < -0.39 is 0 Å². The van der Waals surface area contributed by atoms with Crippen molar-refractivity contribution in [1.29, 1.82) is 0 Å². The van der Waals surface area contributed by atoms with Gasteiger partial charge in [-0.25, -0.2) is 4.68 Å². The van der Waals surface area contributed by atoms with Gasteiger partial charge in [0.1, 0.15) is 5.69 Å². The molecular weight excluding hydrogens is 270 g/mol. The largest absolute Gasteiger partial charge is 0.296 e. The Kier molecular flexibility index (Phi) is 3.43. The Morgan fingerprint density at radius 3 is 2.65 bits per heavy atom. The fourth-order valence-corrected chi connectivity index (χ4v) is 2.95. The van der Waals surface area contributed by atoms with Crippen LogP contribution in [0.3, 0.4) is 0 Å². The van der Waals surface area contributed by atoms with Crippen molar-refractivity contribution in [2.24, 2.45) is 0 Å². The second-order valence-corrected chi connectivity index (χ2v) is 5.40. The molecule has 5 heteroatoms. The molecule has 0 bridgehead atoms. The summed E-state index contributed by atoms with van der Waals surface area (Å²) in [6, 6.07) is 14.0. The Labute approximate surface area is 120 Å². The third-order valence-corrected chi connectivity index (χ3v) is 4.11. The molecule has 1 aromatic carbocycles. The molecule has 3 rings (SSSR count). The zero-order valence-corrected chi connectivity index (χ0v) is 11.7. The number of carbonyl (C=O) groups excluding carboxylic acids is 1. The lowest BCUT2D eigenvalue weighted by molar-refractivity contribution is 0.111. The molecule has 0 N–H and O–H groups in total. The molecule has 4 nitrogen and oxygen atoms in total. The summed E-state index contributed by atoms with van der Waals surface area (Å²) >= 11 is 1.58. The van der Waals surface area contributed by atoms with E-state index in [4.69, 9.17) is 0 Å². The number of rotatable bonds is 4. The number of nitrogens with zero attached hydrogens (tertiary/aromatic N) is 3. The van der Waals surface area contributed by atoms with E-state index in [9.17, 15) is 4.79 Å². The maximum atomic E-state index is 11.2. The van der Waals surface area contributed by atoms with Crippen molar-refractivity contribution >= 4 is 17.6 Å². The second kappa shape index (κ2) is 5.38. The van der Waals surface area contributed by atoms with E-state index in [1.807, 2.05) is 52.5 Å². The summed E-state index contributed by atoms with van der Waals surface area (Å²) in [7, 11) is 0. The Hall–Kier alpha value is -2.27. The molecule has 0 aliphatic heterocycles. The predicted molar refractivity (Wildman–Crippen MR) is 79.0 cm³/mol. The van der Waals surface area contributed by atoms with Gasteiger partial charge in [-0.1, -0.05) is 41.6 Å². The lowest BCUT2D eigenvalue weighted by Crippen LogP contribution is -2.10. The van der Waals surface area contributed by atoms with Crippen LogP contribution in [0.2, 0.25) is 0 Å². The molecule has 0 spiro atoms. The van der Waals surface area contributed by atoms with Gasteiger partial charge in [0.25, 0.3) is 0 Å². The molecule has 0 fully saturated rings. The lowest BCUT2D eigenvalue weighted by atomic mass is 10.1. The van der Waals surface area contributed by atoms with Crippen LogP contribution in [0, 0.1) is 0 Å². The van der Waals surface area contributed by atoms with Crippen molar-refractivity contribution in [1.82, 2.24) is 15.0 Å². The highest BCUT2D eigenvalue weighted by atomic mass is 32.1. The van der Waals surface area contributed by atoms with Gasteiger partial charge in [0.2, 0.25) is 0 Å². The van der Waals surface area contributed by atoms with E-state index in [1.54, 1.807) is 11.3 Å². The number of aldehydes is 1. The number of thiophene rings is 1. The van der Waals surface area contributed by atoms with Gasteiger partial charge in [0.05, 0.1) is 10.9 Å². The van der Waals surface area contributed by atoms with Crippen LogP contribution in [-0.2, 0) is 0 Å². The first-order valence-electron chi connectivity index (χ1n) is 6.30. The Bertz CT molecular complexity index is 704. The highest BCUT2D eigenvalue weighted by Gasteiger charge is 2.20. The number of hydrogen-bond donors (Lipinski definition) is 0. The minimum absolute atomic E-state index is 0.0227. The first kappa shape index (κ1) is 12.7. The molecule has 0 saturated heterocycles. The van der Waals surface area contributed by atoms with Gasteiger partial charge in [-0.15, -0.1) is 16.4 Å². The summed E-state index contributed by atoms with van der Waals surface area (Å²) < 4.78 is 1.81. The highest BCUT2D eigenvalue weighted by Crippen LogP contribution is 2.30. The summed E-state index contributed by atoms with van der Waals surface area (Å²) in [5.74, 6) is 0. The van der Waals surface area contributed by atoms with Gasteiger partial charge in [-0.2, -0.15) is 0 Å². The minimum Gasteiger partial charge on any atom is -0.296 e. The van der Waals surface area contributed by atoms with Gasteiger partial charge in [-0.3, -0.25) is 4.79 Å². The Balaban J connectivity index is 2.11. The van der Waals surface area contributed by atoms with Gasteiger partial charge < -0.3 is 0 Å². The van der Waals surface area contributed by atoms with Crippen LogP contribution in [0.5, 0.6) is 0 Å². The van der Waals surface area contributed by atoms with Gasteiger partial charge >= 0.3 is 0 Å². The standard InChI is InChI=1S/C15H13N3OS/c1-11(12-6-3-2-4-7-12)18-15(13(10-19)16-17-18)14-8-5-9-20-14/h2-11H,1H3. The van der Waals surface area contributed by atoms with Crippen molar-refractivity contribution in [3.05, 3.63) is 59.1 Å². The SMILES string of the molecule is CC(c1ccccc1)n1nnc(C=O)c1-c1cccs1. The van der Waals surface area contributed by atoms with E-state index in [0.717, 1.165) is 22.4 Å². The summed E-state index contributed by atoms with van der Waals surface area (Å²) in [4.78, 5) is 12.2. The van der Waals surface area contributed by atoms with Crippen molar-refractivity contribution in [3.8, 4) is 10.6 Å². The average molecular weight is 283 g/mol. The predicted octanol–water partition coefficient (Wildman–Crippen LogP) is 3.43. The first-order chi connectivity index (χ1) is 9.81. The van der Waals surface area contributed by atoms with Crippen LogP contribution in [0.15, 0.2) is 47.8 Å². The Morgan fingerprint density at radius 1 is 1.20 bits per heavy atom. The zero-order chi connectivity index (χ0) is 13.9. The van der Waals surface area contributed by atoms with Crippen molar-refractivity contribution in [2.75, 3.05) is 0 Å². The molecule has 0 aliphatic carbocycles. The molecule has 1 atom stereocenters. The van der Waals surface area contributed by atoms with E-state index in [1.165, 1.54) is 0 Å². The third-order valence-electron chi connectivity index (χ3n) is 3.24. The lowest BCUT2D eigenvalue weighted by Gasteiger charge is -2.14. The van der Waals surface area contributed by atoms with E-state index in [2.05, 4.69) is 17.2 Å². The van der Waals surface area contributed by atoms with Crippen LogP contribution < -0.4 is 0 Å². The molecule has 2 aromatic heterocycles. The van der Waals surface area contributed by atoms with Gasteiger partial charge in [0.15, 0.2) is 12.0 Å². The molecule has 20 heavy (non-hydrogen) atoms. The van der Waals surface area contributed by atoms with E-state index in [0.29, 0.717) is 5.69 Å². The normalized spacial score (nSPS) is 12.2. The number of carbonyl (C=O) groups is 1. The number of aromatic nitrogens is 3. The second-order valence-electron chi connectivity index (χ2n) is 4.45. The summed E-state index contributed by atoms with van der Waals surface area (Å²) in [6.07, 6.45) is 0.760. The molecule has 2 heterocycles. The maximum Gasteiger partial charge on any atom is 0.172 e. The smallest absolute Gasteiger partial charge is 0.172 e. The summed E-state index contributed by atoms with van der Waals surface area (Å²) in [5.41, 5.74) is 2.30. The quantitative estimate of drug-likeness (QED) is 0.689. The fraction of sp³-hybridized carbons (Fsp3) is 0.133. The average Bonchev–Trinajstić information content (AvgIpc) is 3.15. The molecule has 0 saturated carbocycles. The molecular formula is C15H13N3OS. The summed E-state index contributed by atoms with van der Waals surface area (Å²) in [5, 5.41) is 10.1. The van der Waals surface area contributed by atoms with Crippen LogP contribution in [0.1, 0.15) is 29.0 Å². The van der Waals surface area contributed by atoms with Crippen LogP contribution in [0.25, 0.3) is 10.6 Å². The van der Waals surface area contributed by atoms with Crippen LogP contribution in [0.4, 0.5) is 0 Å². The molecule has 100 valence electrons. The molecule has 0 radical (unpaired) electrons. The molecule has 0 amide bonds. The maximum absolute atomic E-state index is 11.2. The highest BCUT2D eigenvalue weighted by molar-refractivity contribution is 7.13. The summed E-state index contributed by atoms with van der Waals surface area (Å²) in [6.45, 7) is 2.05. The first-order valence-corrected chi connectivity index (χ1v) is 7.18. The minimum atomic E-state index is 0.0227. The van der Waals surface area contributed by atoms with Crippen molar-refractivity contribution in [2.45, 2.75) is 13.0 Å². The zero-order valence-electron chi connectivity index (χ0n) is 10.9. The van der Waals surface area contributed by atoms with E-state index in [-0.39, 0.29) is 6.04 Å². The van der Waals surface area contributed by atoms with Crippen molar-refractivity contribution < 1.29 is 4.79 Å². The van der Waals surface area contributed by atoms with Gasteiger partial charge in [-0.05, 0) is 23.9 Å². The fourth-order valence-electron chi connectivity index (χ4n) is 2.18. The number of hydrogen-bond acceptors (Lipinski definition) is 4. The monoisotopic (exact) mass is 283 g/mol. The van der Waals surface area contributed by atoms with Crippen molar-refractivity contribution in [3.63, 3.8) is 0 Å².